The fourth-order valence-electron chi connectivity index (χ4n) is 2.62. The zero-order chi connectivity index (χ0) is 17.9. The number of methoxy groups -OCH3 is 1. The molecule has 0 amide bonds. The summed E-state index contributed by atoms with van der Waals surface area (Å²) in [6, 6.07) is 16.5. The van der Waals surface area contributed by atoms with Crippen LogP contribution in [0.25, 0.3) is 0 Å². The van der Waals surface area contributed by atoms with Gasteiger partial charge in [-0.1, -0.05) is 36.4 Å². The predicted octanol–water partition coefficient (Wildman–Crippen LogP) is 4.20. The second-order valence-electron chi connectivity index (χ2n) is 6.40. The van der Waals surface area contributed by atoms with Gasteiger partial charge in [0.15, 0.2) is 11.5 Å². The first-order valence-corrected chi connectivity index (χ1v) is 8.88. The second kappa shape index (κ2) is 14.6. The molecule has 0 aliphatic rings. The van der Waals surface area contributed by atoms with Crippen molar-refractivity contribution in [3.63, 3.8) is 0 Å². The molecular formula is C21H32Cl2N2O2. The first-order chi connectivity index (χ1) is 12.2. The maximum atomic E-state index is 5.91. The highest BCUT2D eigenvalue weighted by Gasteiger charge is 2.06. The molecule has 4 nitrogen and oxygen atoms in total. The highest BCUT2D eigenvalue weighted by molar-refractivity contribution is 5.85. The van der Waals surface area contributed by atoms with Gasteiger partial charge in [0, 0.05) is 13.0 Å². The Labute approximate surface area is 176 Å². The molecule has 0 saturated carbocycles. The summed E-state index contributed by atoms with van der Waals surface area (Å²) in [6.45, 7) is 3.59. The highest BCUT2D eigenvalue weighted by Crippen LogP contribution is 2.28. The molecule has 2 aromatic rings. The lowest BCUT2D eigenvalue weighted by molar-refractivity contribution is 0.297. The average Bonchev–Trinajstić information content (AvgIpc) is 2.63. The summed E-state index contributed by atoms with van der Waals surface area (Å²) in [4.78, 5) is 2.20. The van der Waals surface area contributed by atoms with Gasteiger partial charge in [0.05, 0.1) is 13.7 Å². The third-order valence-corrected chi connectivity index (χ3v) is 4.01. The lowest BCUT2D eigenvalue weighted by Gasteiger charge is -2.13. The Morgan fingerprint density at radius 1 is 0.926 bits per heavy atom. The number of hydrogen-bond donors (Lipinski definition) is 1. The van der Waals surface area contributed by atoms with E-state index in [1.807, 2.05) is 12.1 Å². The number of ether oxygens (including phenoxy) is 2. The Hall–Kier alpha value is -1.46. The number of rotatable bonds is 11. The van der Waals surface area contributed by atoms with Crippen LogP contribution < -0.4 is 14.8 Å². The van der Waals surface area contributed by atoms with E-state index in [-0.39, 0.29) is 24.8 Å². The first-order valence-electron chi connectivity index (χ1n) is 8.88. The quantitative estimate of drug-likeness (QED) is 0.558. The minimum Gasteiger partial charge on any atom is -0.493 e. The van der Waals surface area contributed by atoms with Crippen molar-refractivity contribution in [2.75, 3.05) is 40.9 Å². The van der Waals surface area contributed by atoms with Crippen LogP contribution in [0.5, 0.6) is 11.5 Å². The van der Waals surface area contributed by atoms with E-state index in [0.717, 1.165) is 44.0 Å². The molecule has 2 aromatic carbocycles. The number of hydrogen-bond acceptors (Lipinski definition) is 4. The fourth-order valence-corrected chi connectivity index (χ4v) is 2.62. The maximum absolute atomic E-state index is 5.91. The summed E-state index contributed by atoms with van der Waals surface area (Å²) in [6.07, 6.45) is 2.03. The standard InChI is InChI=1S/C21H30N2O2.2ClH/c1-23(2)14-7-13-22-17-19-10-11-20(21(16-19)24-3)25-15-12-18-8-5-4-6-9-18;;/h4-6,8-11,16,22H,7,12-15,17H2,1-3H3;2*1H. The number of benzene rings is 2. The normalized spacial score (nSPS) is 10.1. The van der Waals surface area contributed by atoms with Crippen molar-refractivity contribution < 1.29 is 9.47 Å². The van der Waals surface area contributed by atoms with Crippen LogP contribution in [0.15, 0.2) is 48.5 Å². The summed E-state index contributed by atoms with van der Waals surface area (Å²) >= 11 is 0. The molecule has 0 radical (unpaired) electrons. The lowest BCUT2D eigenvalue weighted by Crippen LogP contribution is -2.21. The number of halogens is 2. The van der Waals surface area contributed by atoms with Gasteiger partial charge in [-0.2, -0.15) is 0 Å². The van der Waals surface area contributed by atoms with E-state index in [0.29, 0.717) is 6.61 Å². The molecule has 0 aliphatic carbocycles. The molecule has 0 fully saturated rings. The Morgan fingerprint density at radius 3 is 2.33 bits per heavy atom. The van der Waals surface area contributed by atoms with Gasteiger partial charge in [0.2, 0.25) is 0 Å². The van der Waals surface area contributed by atoms with Gasteiger partial charge in [-0.15, -0.1) is 24.8 Å². The molecular weight excluding hydrogens is 383 g/mol. The molecule has 6 heteroatoms. The molecule has 152 valence electrons. The average molecular weight is 415 g/mol. The maximum Gasteiger partial charge on any atom is 0.161 e. The SMILES string of the molecule is COc1cc(CNCCCN(C)C)ccc1OCCc1ccccc1.Cl.Cl. The van der Waals surface area contributed by atoms with Crippen LogP contribution in [0.2, 0.25) is 0 Å². The summed E-state index contributed by atoms with van der Waals surface area (Å²) in [7, 11) is 5.89. The van der Waals surface area contributed by atoms with E-state index < -0.39 is 0 Å². The predicted molar refractivity (Wildman–Crippen MR) is 118 cm³/mol. The van der Waals surface area contributed by atoms with Crippen molar-refractivity contribution in [3.05, 3.63) is 59.7 Å². The number of nitrogens with zero attached hydrogens (tertiary/aromatic N) is 1. The van der Waals surface area contributed by atoms with Crippen molar-refractivity contribution in [2.24, 2.45) is 0 Å². The molecule has 0 unspecified atom stereocenters. The molecule has 27 heavy (non-hydrogen) atoms. The van der Waals surface area contributed by atoms with Crippen LogP contribution >= 0.6 is 24.8 Å². The van der Waals surface area contributed by atoms with Crippen LogP contribution in [0.1, 0.15) is 17.5 Å². The molecule has 0 atom stereocenters. The Bertz CT molecular complexity index is 625. The van der Waals surface area contributed by atoms with Crippen LogP contribution in [0.3, 0.4) is 0 Å². The van der Waals surface area contributed by atoms with Crippen molar-refractivity contribution in [1.82, 2.24) is 10.2 Å². The third-order valence-electron chi connectivity index (χ3n) is 4.01. The summed E-state index contributed by atoms with van der Waals surface area (Å²) in [5.41, 5.74) is 2.48. The summed E-state index contributed by atoms with van der Waals surface area (Å²) in [5, 5.41) is 3.47. The molecule has 0 saturated heterocycles. The minimum absolute atomic E-state index is 0. The van der Waals surface area contributed by atoms with Gasteiger partial charge in [-0.25, -0.2) is 0 Å². The van der Waals surface area contributed by atoms with E-state index in [9.17, 15) is 0 Å². The summed E-state index contributed by atoms with van der Waals surface area (Å²) < 4.78 is 11.4. The molecule has 1 N–H and O–H groups in total. The Balaban J connectivity index is 0.00000338. The van der Waals surface area contributed by atoms with E-state index in [1.54, 1.807) is 7.11 Å². The lowest BCUT2D eigenvalue weighted by atomic mass is 10.1. The van der Waals surface area contributed by atoms with Gasteiger partial charge < -0.3 is 19.7 Å². The Morgan fingerprint density at radius 2 is 1.67 bits per heavy atom. The topological polar surface area (TPSA) is 33.7 Å². The van der Waals surface area contributed by atoms with E-state index in [2.05, 4.69) is 60.7 Å². The van der Waals surface area contributed by atoms with Crippen LogP contribution in [-0.4, -0.2) is 45.8 Å². The molecule has 0 heterocycles. The van der Waals surface area contributed by atoms with Crippen molar-refractivity contribution >= 4 is 24.8 Å². The largest absolute Gasteiger partial charge is 0.493 e. The van der Waals surface area contributed by atoms with Crippen molar-refractivity contribution in [2.45, 2.75) is 19.4 Å². The van der Waals surface area contributed by atoms with Gasteiger partial charge in [-0.05, 0) is 56.9 Å². The first kappa shape index (κ1) is 25.5. The highest BCUT2D eigenvalue weighted by atomic mass is 35.5. The zero-order valence-corrected chi connectivity index (χ0v) is 18.1. The number of nitrogens with one attached hydrogen (secondary N) is 1. The smallest absolute Gasteiger partial charge is 0.161 e. The zero-order valence-electron chi connectivity index (χ0n) is 16.4. The summed E-state index contributed by atoms with van der Waals surface area (Å²) in [5.74, 6) is 1.59. The van der Waals surface area contributed by atoms with Crippen molar-refractivity contribution in [3.8, 4) is 11.5 Å². The van der Waals surface area contributed by atoms with Gasteiger partial charge in [-0.3, -0.25) is 0 Å². The van der Waals surface area contributed by atoms with Gasteiger partial charge in [0.25, 0.3) is 0 Å². The second-order valence-corrected chi connectivity index (χ2v) is 6.40. The molecule has 0 aromatic heterocycles. The minimum atomic E-state index is 0. The van der Waals surface area contributed by atoms with Gasteiger partial charge in [0.1, 0.15) is 0 Å². The molecule has 0 aliphatic heterocycles. The Kier molecular flexibility index (Phi) is 13.8. The third kappa shape index (κ3) is 9.87. The fraction of sp³-hybridized carbons (Fsp3) is 0.429. The molecule has 0 spiro atoms. The van der Waals surface area contributed by atoms with Gasteiger partial charge >= 0.3 is 0 Å². The molecule has 0 bridgehead atoms. The van der Waals surface area contributed by atoms with Crippen LogP contribution in [0.4, 0.5) is 0 Å². The van der Waals surface area contributed by atoms with E-state index >= 15 is 0 Å². The van der Waals surface area contributed by atoms with Crippen LogP contribution in [-0.2, 0) is 13.0 Å². The molecule has 2 rings (SSSR count). The van der Waals surface area contributed by atoms with E-state index in [4.69, 9.17) is 9.47 Å². The van der Waals surface area contributed by atoms with Crippen molar-refractivity contribution in [1.29, 1.82) is 0 Å². The monoisotopic (exact) mass is 414 g/mol. The van der Waals surface area contributed by atoms with Crippen LogP contribution in [0, 0.1) is 0 Å². The van der Waals surface area contributed by atoms with E-state index in [1.165, 1.54) is 11.1 Å².